The number of anilines is 2. The fourth-order valence-corrected chi connectivity index (χ4v) is 1.84. The summed E-state index contributed by atoms with van der Waals surface area (Å²) in [6.45, 7) is 7.18. The standard InChI is InChI=1S/C13H21N3O2/c1-10(2)18-12-5-3-4-11(13(12)14)15-16-6-8-17-9-7-16/h3-5,10,15H,6-9,14H2,1-2H3. The molecule has 1 saturated heterocycles. The van der Waals surface area contributed by atoms with Crippen LogP contribution in [0.2, 0.25) is 0 Å². The molecule has 1 aromatic rings. The summed E-state index contributed by atoms with van der Waals surface area (Å²) < 4.78 is 11.0. The number of ether oxygens (including phenoxy) is 2. The first-order valence-electron chi connectivity index (χ1n) is 6.31. The second-order valence-electron chi connectivity index (χ2n) is 4.60. The Balaban J connectivity index is 2.07. The number of nitrogens with two attached hydrogens (primary N) is 1. The monoisotopic (exact) mass is 251 g/mol. The van der Waals surface area contributed by atoms with Crippen LogP contribution in [-0.4, -0.2) is 37.4 Å². The minimum atomic E-state index is 0.117. The van der Waals surface area contributed by atoms with Gasteiger partial charge in [-0.2, -0.15) is 0 Å². The molecule has 0 bridgehead atoms. The van der Waals surface area contributed by atoms with E-state index >= 15 is 0 Å². The van der Waals surface area contributed by atoms with Gasteiger partial charge in [-0.25, -0.2) is 5.01 Å². The summed E-state index contributed by atoms with van der Waals surface area (Å²) in [7, 11) is 0. The van der Waals surface area contributed by atoms with Crippen molar-refractivity contribution in [1.82, 2.24) is 5.01 Å². The molecule has 0 atom stereocenters. The molecule has 100 valence electrons. The van der Waals surface area contributed by atoms with Crippen molar-refractivity contribution in [2.75, 3.05) is 37.5 Å². The minimum Gasteiger partial charge on any atom is -0.489 e. The van der Waals surface area contributed by atoms with Crippen molar-refractivity contribution in [2.24, 2.45) is 0 Å². The SMILES string of the molecule is CC(C)Oc1cccc(NN2CCOCC2)c1N. The van der Waals surface area contributed by atoms with Crippen LogP contribution in [0.1, 0.15) is 13.8 Å². The molecule has 0 spiro atoms. The fraction of sp³-hybridized carbons (Fsp3) is 0.538. The zero-order valence-electron chi connectivity index (χ0n) is 11.0. The molecule has 0 aliphatic carbocycles. The maximum Gasteiger partial charge on any atom is 0.144 e. The average Bonchev–Trinajstić information content (AvgIpc) is 2.35. The van der Waals surface area contributed by atoms with Gasteiger partial charge < -0.3 is 20.6 Å². The number of benzene rings is 1. The Morgan fingerprint density at radius 1 is 1.33 bits per heavy atom. The first kappa shape index (κ1) is 13.0. The predicted octanol–water partition coefficient (Wildman–Crippen LogP) is 1.72. The Kier molecular flexibility index (Phi) is 4.28. The maximum absolute atomic E-state index is 6.10. The molecule has 0 amide bonds. The number of hydrogen-bond acceptors (Lipinski definition) is 5. The number of hydrazine groups is 1. The molecule has 1 aromatic carbocycles. The van der Waals surface area contributed by atoms with E-state index in [9.17, 15) is 0 Å². The Morgan fingerprint density at radius 3 is 2.72 bits per heavy atom. The number of hydrogen-bond donors (Lipinski definition) is 2. The molecule has 5 nitrogen and oxygen atoms in total. The molecule has 0 saturated carbocycles. The Labute approximate surface area is 108 Å². The molecular weight excluding hydrogens is 230 g/mol. The third kappa shape index (κ3) is 3.27. The molecule has 1 heterocycles. The van der Waals surface area contributed by atoms with Crippen LogP contribution in [0.3, 0.4) is 0 Å². The topological polar surface area (TPSA) is 59.8 Å². The van der Waals surface area contributed by atoms with Gasteiger partial charge in [0.2, 0.25) is 0 Å². The summed E-state index contributed by atoms with van der Waals surface area (Å²) in [5, 5.41) is 2.11. The van der Waals surface area contributed by atoms with Crippen LogP contribution in [-0.2, 0) is 4.74 Å². The zero-order chi connectivity index (χ0) is 13.0. The fourth-order valence-electron chi connectivity index (χ4n) is 1.84. The molecule has 18 heavy (non-hydrogen) atoms. The molecule has 3 N–H and O–H groups in total. The van der Waals surface area contributed by atoms with Crippen LogP contribution in [0.4, 0.5) is 11.4 Å². The summed E-state index contributed by atoms with van der Waals surface area (Å²) in [6, 6.07) is 5.79. The number of nitrogens with zero attached hydrogens (tertiary/aromatic N) is 1. The molecule has 0 aromatic heterocycles. The Hall–Kier alpha value is -1.46. The van der Waals surface area contributed by atoms with Crippen molar-refractivity contribution >= 4 is 11.4 Å². The lowest BCUT2D eigenvalue weighted by Crippen LogP contribution is -2.40. The van der Waals surface area contributed by atoms with Gasteiger partial charge in [0.25, 0.3) is 0 Å². The highest BCUT2D eigenvalue weighted by atomic mass is 16.5. The maximum atomic E-state index is 6.10. The van der Waals surface area contributed by atoms with E-state index in [1.807, 2.05) is 32.0 Å². The lowest BCUT2D eigenvalue weighted by molar-refractivity contribution is 0.0497. The van der Waals surface area contributed by atoms with Gasteiger partial charge in [0, 0.05) is 13.1 Å². The van der Waals surface area contributed by atoms with Crippen molar-refractivity contribution in [3.63, 3.8) is 0 Å². The van der Waals surface area contributed by atoms with Gasteiger partial charge in [0.05, 0.1) is 30.7 Å². The number of morpholine rings is 1. The van der Waals surface area contributed by atoms with Crippen LogP contribution >= 0.6 is 0 Å². The molecule has 1 aliphatic heterocycles. The highest BCUT2D eigenvalue weighted by molar-refractivity contribution is 5.72. The van der Waals surface area contributed by atoms with Crippen molar-refractivity contribution in [1.29, 1.82) is 0 Å². The van der Waals surface area contributed by atoms with Crippen molar-refractivity contribution in [2.45, 2.75) is 20.0 Å². The van der Waals surface area contributed by atoms with E-state index in [0.29, 0.717) is 5.69 Å². The third-order valence-electron chi connectivity index (χ3n) is 2.72. The largest absolute Gasteiger partial charge is 0.489 e. The van der Waals surface area contributed by atoms with Gasteiger partial charge in [-0.15, -0.1) is 0 Å². The van der Waals surface area contributed by atoms with Gasteiger partial charge in [0.15, 0.2) is 0 Å². The van der Waals surface area contributed by atoms with E-state index in [0.717, 1.165) is 37.7 Å². The highest BCUT2D eigenvalue weighted by Gasteiger charge is 2.13. The smallest absolute Gasteiger partial charge is 0.144 e. The van der Waals surface area contributed by atoms with Crippen LogP contribution in [0.25, 0.3) is 0 Å². The molecule has 1 fully saturated rings. The first-order chi connectivity index (χ1) is 8.66. The quantitative estimate of drug-likeness (QED) is 0.798. The van der Waals surface area contributed by atoms with E-state index in [-0.39, 0.29) is 6.10 Å². The van der Waals surface area contributed by atoms with Gasteiger partial charge in [-0.1, -0.05) is 6.07 Å². The minimum absolute atomic E-state index is 0.117. The van der Waals surface area contributed by atoms with Crippen LogP contribution < -0.4 is 15.9 Å². The van der Waals surface area contributed by atoms with Gasteiger partial charge in [-0.3, -0.25) is 0 Å². The lowest BCUT2D eigenvalue weighted by atomic mass is 10.2. The van der Waals surface area contributed by atoms with Crippen LogP contribution in [0, 0.1) is 0 Å². The molecule has 0 unspecified atom stereocenters. The number of rotatable bonds is 4. The lowest BCUT2D eigenvalue weighted by Gasteiger charge is -2.28. The molecule has 5 heteroatoms. The Morgan fingerprint density at radius 2 is 2.06 bits per heavy atom. The molecule has 1 aliphatic rings. The van der Waals surface area contributed by atoms with E-state index in [1.165, 1.54) is 0 Å². The summed E-state index contributed by atoms with van der Waals surface area (Å²) >= 11 is 0. The highest BCUT2D eigenvalue weighted by Crippen LogP contribution is 2.30. The normalized spacial score (nSPS) is 16.8. The third-order valence-corrected chi connectivity index (χ3v) is 2.72. The van der Waals surface area contributed by atoms with E-state index < -0.39 is 0 Å². The summed E-state index contributed by atoms with van der Waals surface area (Å²) in [6.07, 6.45) is 0.117. The van der Waals surface area contributed by atoms with E-state index in [4.69, 9.17) is 15.2 Å². The molecule has 2 rings (SSSR count). The van der Waals surface area contributed by atoms with E-state index in [2.05, 4.69) is 10.4 Å². The van der Waals surface area contributed by atoms with Crippen molar-refractivity contribution < 1.29 is 9.47 Å². The number of para-hydroxylation sites is 1. The summed E-state index contributed by atoms with van der Waals surface area (Å²) in [5.74, 6) is 0.725. The summed E-state index contributed by atoms with van der Waals surface area (Å²) in [5.41, 5.74) is 10.9. The van der Waals surface area contributed by atoms with Crippen molar-refractivity contribution in [3.05, 3.63) is 18.2 Å². The van der Waals surface area contributed by atoms with Gasteiger partial charge in [-0.05, 0) is 26.0 Å². The second kappa shape index (κ2) is 5.93. The average molecular weight is 251 g/mol. The second-order valence-corrected chi connectivity index (χ2v) is 4.60. The number of nitrogens with one attached hydrogen (secondary N) is 1. The molecule has 0 radical (unpaired) electrons. The van der Waals surface area contributed by atoms with Crippen molar-refractivity contribution in [3.8, 4) is 5.75 Å². The number of nitrogen functional groups attached to an aromatic ring is 1. The summed E-state index contributed by atoms with van der Waals surface area (Å²) in [4.78, 5) is 0. The zero-order valence-corrected chi connectivity index (χ0v) is 11.0. The predicted molar refractivity (Wildman–Crippen MR) is 72.6 cm³/mol. The molecular formula is C13H21N3O2. The van der Waals surface area contributed by atoms with Crippen LogP contribution in [0.5, 0.6) is 5.75 Å². The first-order valence-corrected chi connectivity index (χ1v) is 6.31. The Bertz CT molecular complexity index is 390. The van der Waals surface area contributed by atoms with Gasteiger partial charge >= 0.3 is 0 Å². The van der Waals surface area contributed by atoms with Crippen LogP contribution in [0.15, 0.2) is 18.2 Å². The van der Waals surface area contributed by atoms with E-state index in [1.54, 1.807) is 0 Å². The van der Waals surface area contributed by atoms with Gasteiger partial charge in [0.1, 0.15) is 5.75 Å².